The predicted octanol–water partition coefficient (Wildman–Crippen LogP) is 4.43. The summed E-state index contributed by atoms with van der Waals surface area (Å²) in [5.74, 6) is -0.0185. The van der Waals surface area contributed by atoms with Crippen LogP contribution in [0.1, 0.15) is 50.1 Å². The molecular weight excluding hydrogens is 403 g/mol. The van der Waals surface area contributed by atoms with Crippen LogP contribution in [0.15, 0.2) is 35.7 Å². The molecule has 2 heterocycles. The Morgan fingerprint density at radius 1 is 1.33 bits per heavy atom. The van der Waals surface area contributed by atoms with E-state index < -0.39 is 0 Å². The molecule has 2 atom stereocenters. The van der Waals surface area contributed by atoms with E-state index in [0.717, 1.165) is 18.4 Å². The van der Waals surface area contributed by atoms with E-state index in [-0.39, 0.29) is 42.9 Å². The van der Waals surface area contributed by atoms with Gasteiger partial charge in [-0.25, -0.2) is 4.39 Å². The minimum atomic E-state index is -0.359. The lowest BCUT2D eigenvalue weighted by Gasteiger charge is -2.38. The molecule has 0 bridgehead atoms. The first-order valence-corrected chi connectivity index (χ1v) is 11.4. The fourth-order valence-corrected chi connectivity index (χ4v) is 4.68. The minimum Gasteiger partial charge on any atom is -0.491 e. The topological polar surface area (TPSA) is 49.9 Å². The van der Waals surface area contributed by atoms with E-state index in [0.29, 0.717) is 18.7 Å². The van der Waals surface area contributed by atoms with Crippen molar-refractivity contribution >= 4 is 23.2 Å². The molecule has 2 aromatic rings. The maximum Gasteiger partial charge on any atom is 0.242 e. The van der Waals surface area contributed by atoms with Gasteiger partial charge in [-0.15, -0.1) is 11.3 Å². The molecule has 3 rings (SSSR count). The monoisotopic (exact) mass is 432 g/mol. The Bertz CT molecular complexity index is 885. The van der Waals surface area contributed by atoms with Gasteiger partial charge in [0, 0.05) is 30.0 Å². The zero-order chi connectivity index (χ0) is 21.7. The van der Waals surface area contributed by atoms with E-state index >= 15 is 0 Å². The number of amides is 2. The van der Waals surface area contributed by atoms with Gasteiger partial charge < -0.3 is 14.5 Å². The Labute approximate surface area is 181 Å². The second-order valence-electron chi connectivity index (χ2n) is 7.55. The first kappa shape index (κ1) is 22.3. The summed E-state index contributed by atoms with van der Waals surface area (Å²) in [7, 11) is 0. The molecule has 2 amide bonds. The van der Waals surface area contributed by atoms with E-state index in [2.05, 4.69) is 0 Å². The molecular formula is C23H29FN2O3S. The summed E-state index contributed by atoms with van der Waals surface area (Å²) in [4.78, 5) is 30.4. The molecule has 30 heavy (non-hydrogen) atoms. The number of hydrogen-bond donors (Lipinski definition) is 0. The van der Waals surface area contributed by atoms with Gasteiger partial charge in [-0.3, -0.25) is 9.59 Å². The van der Waals surface area contributed by atoms with Crippen LogP contribution in [-0.4, -0.2) is 47.4 Å². The predicted molar refractivity (Wildman–Crippen MR) is 116 cm³/mol. The SMILES string of the molecule is CCC(=O)N(CC(=O)N1CCc2sccc2C1COc1cccc(F)c1)C(C)CC. The molecule has 0 radical (unpaired) electrons. The summed E-state index contributed by atoms with van der Waals surface area (Å²) in [5.41, 5.74) is 1.08. The highest BCUT2D eigenvalue weighted by Crippen LogP contribution is 2.34. The second-order valence-corrected chi connectivity index (χ2v) is 8.55. The fourth-order valence-electron chi connectivity index (χ4n) is 3.76. The Morgan fingerprint density at radius 3 is 2.83 bits per heavy atom. The summed E-state index contributed by atoms with van der Waals surface area (Å²) < 4.78 is 19.4. The van der Waals surface area contributed by atoms with E-state index in [9.17, 15) is 14.0 Å². The van der Waals surface area contributed by atoms with Crippen molar-refractivity contribution < 1.29 is 18.7 Å². The van der Waals surface area contributed by atoms with E-state index in [1.165, 1.54) is 17.0 Å². The zero-order valence-electron chi connectivity index (χ0n) is 17.8. The normalized spacial score (nSPS) is 16.7. The van der Waals surface area contributed by atoms with Crippen LogP contribution in [0.2, 0.25) is 0 Å². The van der Waals surface area contributed by atoms with Crippen molar-refractivity contribution in [1.82, 2.24) is 9.80 Å². The van der Waals surface area contributed by atoms with E-state index in [1.54, 1.807) is 28.4 Å². The summed E-state index contributed by atoms with van der Waals surface area (Å²) in [5, 5.41) is 2.03. The number of thiophene rings is 1. The lowest BCUT2D eigenvalue weighted by Crippen LogP contribution is -2.49. The van der Waals surface area contributed by atoms with Crippen molar-refractivity contribution in [2.24, 2.45) is 0 Å². The lowest BCUT2D eigenvalue weighted by atomic mass is 10.00. The molecule has 5 nitrogen and oxygen atoms in total. The van der Waals surface area contributed by atoms with Gasteiger partial charge in [-0.05, 0) is 48.9 Å². The Kier molecular flexibility index (Phi) is 7.48. The molecule has 0 N–H and O–H groups in total. The third kappa shape index (κ3) is 5.01. The van der Waals surface area contributed by atoms with Crippen molar-refractivity contribution in [3.63, 3.8) is 0 Å². The highest BCUT2D eigenvalue weighted by atomic mass is 32.1. The number of hydrogen-bond acceptors (Lipinski definition) is 4. The molecule has 1 aliphatic heterocycles. The Hall–Kier alpha value is -2.41. The van der Waals surface area contributed by atoms with Gasteiger partial charge >= 0.3 is 0 Å². The first-order valence-electron chi connectivity index (χ1n) is 10.5. The van der Waals surface area contributed by atoms with Crippen LogP contribution in [0, 0.1) is 5.82 Å². The van der Waals surface area contributed by atoms with Crippen LogP contribution in [0.25, 0.3) is 0 Å². The maximum atomic E-state index is 13.5. The van der Waals surface area contributed by atoms with Crippen LogP contribution in [0.3, 0.4) is 0 Å². The van der Waals surface area contributed by atoms with Gasteiger partial charge in [-0.1, -0.05) is 19.9 Å². The summed E-state index contributed by atoms with van der Waals surface area (Å²) in [6.07, 6.45) is 1.96. The molecule has 1 aliphatic rings. The van der Waals surface area contributed by atoms with Crippen molar-refractivity contribution in [3.05, 3.63) is 52.0 Å². The number of nitrogens with zero attached hydrogens (tertiary/aromatic N) is 2. The van der Waals surface area contributed by atoms with Crippen molar-refractivity contribution in [1.29, 1.82) is 0 Å². The number of halogens is 1. The Balaban J connectivity index is 1.79. The van der Waals surface area contributed by atoms with Crippen LogP contribution < -0.4 is 4.74 Å². The average molecular weight is 433 g/mol. The van der Waals surface area contributed by atoms with E-state index in [4.69, 9.17) is 4.74 Å². The van der Waals surface area contributed by atoms with Crippen LogP contribution in [0.4, 0.5) is 4.39 Å². The fraction of sp³-hybridized carbons (Fsp3) is 0.478. The first-order chi connectivity index (χ1) is 14.4. The molecule has 0 saturated heterocycles. The number of benzene rings is 1. The quantitative estimate of drug-likeness (QED) is 0.620. The molecule has 0 spiro atoms. The molecule has 1 aromatic carbocycles. The minimum absolute atomic E-state index is 0.00453. The van der Waals surface area contributed by atoms with Gasteiger partial charge in [0.2, 0.25) is 11.8 Å². The second kappa shape index (κ2) is 10.1. The van der Waals surface area contributed by atoms with Crippen LogP contribution >= 0.6 is 11.3 Å². The van der Waals surface area contributed by atoms with Gasteiger partial charge in [0.15, 0.2) is 0 Å². The molecule has 7 heteroatoms. The van der Waals surface area contributed by atoms with Crippen molar-refractivity contribution in [2.45, 2.75) is 52.1 Å². The molecule has 1 aromatic heterocycles. The summed E-state index contributed by atoms with van der Waals surface area (Å²) in [6, 6.07) is 7.80. The standard InChI is InChI=1S/C23H29FN2O3S/c1-4-16(3)26(22(27)5-2)14-23(28)25-11-9-21-19(10-12-30-21)20(25)15-29-18-8-6-7-17(24)13-18/h6-8,10,12-13,16,20H,4-5,9,11,14-15H2,1-3H3. The highest BCUT2D eigenvalue weighted by Gasteiger charge is 2.34. The summed E-state index contributed by atoms with van der Waals surface area (Å²) >= 11 is 1.68. The number of rotatable bonds is 8. The smallest absolute Gasteiger partial charge is 0.242 e. The number of carbonyl (C=O) groups is 2. The Morgan fingerprint density at radius 2 is 2.13 bits per heavy atom. The lowest BCUT2D eigenvalue weighted by molar-refractivity contribution is -0.144. The molecule has 0 aliphatic carbocycles. The van der Waals surface area contributed by atoms with Crippen LogP contribution in [0.5, 0.6) is 5.75 Å². The average Bonchev–Trinajstić information content (AvgIpc) is 3.23. The van der Waals surface area contributed by atoms with Crippen LogP contribution in [-0.2, 0) is 16.0 Å². The summed E-state index contributed by atoms with van der Waals surface area (Å²) in [6.45, 7) is 6.69. The van der Waals surface area contributed by atoms with Crippen molar-refractivity contribution in [3.8, 4) is 5.75 Å². The van der Waals surface area contributed by atoms with Gasteiger partial charge in [0.05, 0.1) is 6.04 Å². The third-order valence-electron chi connectivity index (χ3n) is 5.67. The van der Waals surface area contributed by atoms with E-state index in [1.807, 2.05) is 37.1 Å². The van der Waals surface area contributed by atoms with Gasteiger partial charge in [-0.2, -0.15) is 0 Å². The number of ether oxygens (including phenoxy) is 1. The molecule has 0 saturated carbocycles. The highest BCUT2D eigenvalue weighted by molar-refractivity contribution is 7.10. The molecule has 2 unspecified atom stereocenters. The maximum absolute atomic E-state index is 13.5. The largest absolute Gasteiger partial charge is 0.491 e. The van der Waals surface area contributed by atoms with Crippen molar-refractivity contribution in [2.75, 3.05) is 19.7 Å². The molecule has 0 fully saturated rings. The zero-order valence-corrected chi connectivity index (χ0v) is 18.6. The number of carbonyl (C=O) groups excluding carboxylic acids is 2. The third-order valence-corrected chi connectivity index (χ3v) is 6.67. The van der Waals surface area contributed by atoms with Gasteiger partial charge in [0.25, 0.3) is 0 Å². The number of fused-ring (bicyclic) bond motifs is 1. The van der Waals surface area contributed by atoms with Gasteiger partial charge in [0.1, 0.15) is 24.7 Å². The molecule has 162 valence electrons.